The van der Waals surface area contributed by atoms with Crippen LogP contribution >= 0.6 is 11.8 Å². The second-order valence-corrected chi connectivity index (χ2v) is 8.57. The summed E-state index contributed by atoms with van der Waals surface area (Å²) < 4.78 is 0. The van der Waals surface area contributed by atoms with E-state index in [-0.39, 0.29) is 6.03 Å². The zero-order valence-corrected chi connectivity index (χ0v) is 18.5. The zero-order chi connectivity index (χ0) is 21.3. The van der Waals surface area contributed by atoms with E-state index >= 15 is 0 Å². The lowest BCUT2D eigenvalue weighted by atomic mass is 9.99. The number of hydrazine groups is 3. The van der Waals surface area contributed by atoms with Crippen molar-refractivity contribution in [2.75, 3.05) is 12.1 Å². The maximum Gasteiger partial charge on any atom is 0.355 e. The number of urea groups is 1. The molecule has 2 N–H and O–H groups in total. The summed E-state index contributed by atoms with van der Waals surface area (Å²) in [6.45, 7) is 6.39. The Morgan fingerprint density at radius 1 is 0.867 bits per heavy atom. The number of nitrogens with one attached hydrogen (secondary N) is 2. The number of benzene rings is 3. The van der Waals surface area contributed by atoms with Crippen molar-refractivity contribution in [3.8, 4) is 11.1 Å². The van der Waals surface area contributed by atoms with Gasteiger partial charge in [0.2, 0.25) is 0 Å². The number of hydrogen-bond donors (Lipinski definition) is 2. The zero-order valence-electron chi connectivity index (χ0n) is 17.7. The molecule has 4 rings (SSSR count). The van der Waals surface area contributed by atoms with Crippen molar-refractivity contribution in [2.45, 2.75) is 31.4 Å². The lowest BCUT2D eigenvalue weighted by Crippen LogP contribution is -2.38. The van der Waals surface area contributed by atoms with E-state index in [4.69, 9.17) is 0 Å². The van der Waals surface area contributed by atoms with Gasteiger partial charge in [-0.2, -0.15) is 0 Å². The number of thioether (sulfide) groups is 1. The highest BCUT2D eigenvalue weighted by Gasteiger charge is 2.28. The van der Waals surface area contributed by atoms with E-state index in [1.54, 1.807) is 23.8 Å². The van der Waals surface area contributed by atoms with Crippen LogP contribution in [0.1, 0.15) is 22.3 Å². The fourth-order valence-electron chi connectivity index (χ4n) is 3.64. The first-order chi connectivity index (χ1) is 14.5. The maximum atomic E-state index is 12.4. The fraction of sp³-hybridized carbons (Fsp3) is 0.208. The van der Waals surface area contributed by atoms with Crippen LogP contribution in [0, 0.1) is 20.8 Å². The number of anilines is 1. The molecule has 0 saturated carbocycles. The van der Waals surface area contributed by atoms with Gasteiger partial charge in [0.05, 0.1) is 5.69 Å². The average molecular weight is 419 g/mol. The third-order valence-corrected chi connectivity index (χ3v) is 6.64. The van der Waals surface area contributed by atoms with Crippen molar-refractivity contribution in [1.82, 2.24) is 16.1 Å². The van der Waals surface area contributed by atoms with Crippen LogP contribution in [0.5, 0.6) is 0 Å². The molecule has 1 saturated heterocycles. The first-order valence-electron chi connectivity index (χ1n) is 9.93. The Bertz CT molecular complexity index is 1100. The van der Waals surface area contributed by atoms with Gasteiger partial charge >= 0.3 is 6.03 Å². The second kappa shape index (κ2) is 8.52. The van der Waals surface area contributed by atoms with E-state index in [0.717, 1.165) is 17.0 Å². The quantitative estimate of drug-likeness (QED) is 0.547. The van der Waals surface area contributed by atoms with E-state index in [1.165, 1.54) is 37.7 Å². The molecule has 30 heavy (non-hydrogen) atoms. The molecule has 0 aliphatic carbocycles. The number of nitrogens with zero attached hydrogens (tertiary/aromatic N) is 2. The van der Waals surface area contributed by atoms with Crippen molar-refractivity contribution >= 4 is 23.5 Å². The summed E-state index contributed by atoms with van der Waals surface area (Å²) >= 11 is 1.80. The van der Waals surface area contributed by atoms with Gasteiger partial charge in [-0.15, -0.1) is 22.8 Å². The number of aryl methyl sites for hydroxylation is 3. The molecule has 1 heterocycles. The summed E-state index contributed by atoms with van der Waals surface area (Å²) in [5.41, 5.74) is 14.0. The van der Waals surface area contributed by atoms with Crippen LogP contribution in [-0.4, -0.2) is 18.1 Å². The highest BCUT2D eigenvalue weighted by atomic mass is 32.2. The number of amides is 2. The van der Waals surface area contributed by atoms with Gasteiger partial charge in [0.25, 0.3) is 0 Å². The molecule has 5 nitrogen and oxygen atoms in total. The molecule has 3 aromatic rings. The van der Waals surface area contributed by atoms with Crippen molar-refractivity contribution in [3.05, 3.63) is 82.9 Å². The van der Waals surface area contributed by atoms with Gasteiger partial charge in [0.1, 0.15) is 0 Å². The van der Waals surface area contributed by atoms with Crippen LogP contribution in [0.25, 0.3) is 11.1 Å². The van der Waals surface area contributed by atoms with E-state index in [1.807, 2.05) is 12.1 Å². The summed E-state index contributed by atoms with van der Waals surface area (Å²) in [6, 6.07) is 21.0. The van der Waals surface area contributed by atoms with Gasteiger partial charge in [-0.3, -0.25) is 0 Å². The minimum atomic E-state index is -0.134. The van der Waals surface area contributed by atoms with Crippen LogP contribution in [0.2, 0.25) is 0 Å². The molecular formula is C24H26N4OS. The summed E-state index contributed by atoms with van der Waals surface area (Å²) in [5.74, 6) is 0.779. The van der Waals surface area contributed by atoms with Crippen LogP contribution in [0.15, 0.2) is 65.6 Å². The minimum absolute atomic E-state index is 0.134. The highest BCUT2D eigenvalue weighted by Crippen LogP contribution is 2.34. The van der Waals surface area contributed by atoms with Gasteiger partial charge in [-0.05, 0) is 66.3 Å². The van der Waals surface area contributed by atoms with Crippen LogP contribution in [0.3, 0.4) is 0 Å². The number of rotatable bonds is 5. The van der Waals surface area contributed by atoms with Gasteiger partial charge in [-0.25, -0.2) is 14.8 Å². The standard InChI is InChI=1S/C24H26N4OS/c1-16-8-5-6-10-20(16)19-12-13-23(18(3)14-19)30-15-21-17(2)9-7-11-22(21)28-24(29)27(4)25-26-28/h5-14,25-26H,15H2,1-4H3. The van der Waals surface area contributed by atoms with Crippen LogP contribution in [0.4, 0.5) is 10.5 Å². The van der Waals surface area contributed by atoms with Gasteiger partial charge in [0.15, 0.2) is 0 Å². The first-order valence-corrected chi connectivity index (χ1v) is 10.9. The normalized spacial score (nSPS) is 13.9. The highest BCUT2D eigenvalue weighted by molar-refractivity contribution is 7.98. The van der Waals surface area contributed by atoms with Crippen molar-refractivity contribution < 1.29 is 4.79 Å². The van der Waals surface area contributed by atoms with E-state index in [0.29, 0.717) is 0 Å². The summed E-state index contributed by atoms with van der Waals surface area (Å²) in [5, 5.41) is 2.98. The molecule has 0 atom stereocenters. The molecule has 0 radical (unpaired) electrons. The van der Waals surface area contributed by atoms with Crippen molar-refractivity contribution in [1.29, 1.82) is 0 Å². The summed E-state index contributed by atoms with van der Waals surface area (Å²) in [7, 11) is 1.69. The van der Waals surface area contributed by atoms with Crippen molar-refractivity contribution in [2.24, 2.45) is 0 Å². The molecule has 6 heteroatoms. The lowest BCUT2D eigenvalue weighted by Gasteiger charge is -2.20. The molecule has 0 bridgehead atoms. The first kappa shape index (κ1) is 20.5. The minimum Gasteiger partial charge on any atom is -0.246 e. The molecular weight excluding hydrogens is 392 g/mol. The smallest absolute Gasteiger partial charge is 0.246 e. The Kier molecular flexibility index (Phi) is 5.81. The fourth-order valence-corrected chi connectivity index (χ4v) is 4.77. The molecule has 2 amide bonds. The summed E-state index contributed by atoms with van der Waals surface area (Å²) in [4.78, 5) is 13.7. The molecule has 1 fully saturated rings. The van der Waals surface area contributed by atoms with Crippen LogP contribution in [-0.2, 0) is 5.75 Å². The third-order valence-electron chi connectivity index (χ3n) is 5.44. The van der Waals surface area contributed by atoms with Crippen LogP contribution < -0.4 is 16.1 Å². The topological polar surface area (TPSA) is 47.6 Å². The predicted molar refractivity (Wildman–Crippen MR) is 124 cm³/mol. The van der Waals surface area contributed by atoms with E-state index in [9.17, 15) is 4.79 Å². The number of carbonyl (C=O) groups is 1. The third kappa shape index (κ3) is 3.94. The molecule has 3 aromatic carbocycles. The van der Waals surface area contributed by atoms with E-state index < -0.39 is 0 Å². The Labute approximate surface area is 182 Å². The Hall–Kier alpha value is -2.80. The molecule has 1 aliphatic heterocycles. The largest absolute Gasteiger partial charge is 0.355 e. The van der Waals surface area contributed by atoms with Gasteiger partial charge in [0, 0.05) is 17.7 Å². The molecule has 0 spiro atoms. The number of hydrogen-bond acceptors (Lipinski definition) is 4. The number of carbonyl (C=O) groups excluding carboxylic acids is 1. The average Bonchev–Trinajstić information content (AvgIpc) is 3.06. The van der Waals surface area contributed by atoms with Crippen molar-refractivity contribution in [3.63, 3.8) is 0 Å². The molecule has 1 aliphatic rings. The second-order valence-electron chi connectivity index (χ2n) is 7.56. The van der Waals surface area contributed by atoms with E-state index in [2.05, 4.69) is 80.4 Å². The monoisotopic (exact) mass is 418 g/mol. The van der Waals surface area contributed by atoms with Gasteiger partial charge in [-0.1, -0.05) is 48.5 Å². The maximum absolute atomic E-state index is 12.4. The molecule has 0 unspecified atom stereocenters. The Morgan fingerprint density at radius 3 is 2.33 bits per heavy atom. The molecule has 0 aromatic heterocycles. The SMILES string of the molecule is Cc1cc(-c2ccccc2C)ccc1SCc1c(C)cccc1N1NNN(C)C1=O. The van der Waals surface area contributed by atoms with Gasteiger partial charge < -0.3 is 0 Å². The Morgan fingerprint density at radius 2 is 1.63 bits per heavy atom. The molecule has 154 valence electrons. The predicted octanol–water partition coefficient (Wildman–Crippen LogP) is 5.37. The Balaban J connectivity index is 1.57. The lowest BCUT2D eigenvalue weighted by molar-refractivity contribution is 0.214. The summed E-state index contributed by atoms with van der Waals surface area (Å²) in [6.07, 6.45) is 0.